The van der Waals surface area contributed by atoms with Crippen LogP contribution in [-0.2, 0) is 11.3 Å². The topological polar surface area (TPSA) is 47.9 Å². The number of amides is 1. The van der Waals surface area contributed by atoms with Gasteiger partial charge in [0.1, 0.15) is 0 Å². The first-order valence-electron chi connectivity index (χ1n) is 8.93. The molecule has 0 radical (unpaired) electrons. The van der Waals surface area contributed by atoms with Crippen molar-refractivity contribution >= 4 is 27.8 Å². The van der Waals surface area contributed by atoms with Crippen LogP contribution in [-0.4, -0.2) is 55.4 Å². The van der Waals surface area contributed by atoms with Crippen LogP contribution >= 0.6 is 15.9 Å². The predicted molar refractivity (Wildman–Crippen MR) is 107 cm³/mol. The van der Waals surface area contributed by atoms with Gasteiger partial charge in [0.15, 0.2) is 5.96 Å². The summed E-state index contributed by atoms with van der Waals surface area (Å²) in [4.78, 5) is 20.7. The van der Waals surface area contributed by atoms with E-state index < -0.39 is 0 Å². The molecule has 1 aliphatic heterocycles. The average molecular weight is 409 g/mol. The third-order valence-electron chi connectivity index (χ3n) is 4.54. The minimum absolute atomic E-state index is 0.241. The summed E-state index contributed by atoms with van der Waals surface area (Å²) in [6.07, 6.45) is 2.87. The molecule has 1 heterocycles. The molecule has 1 aromatic rings. The lowest BCUT2D eigenvalue weighted by molar-refractivity contribution is -0.132. The van der Waals surface area contributed by atoms with Gasteiger partial charge in [-0.15, -0.1) is 0 Å². The van der Waals surface area contributed by atoms with E-state index in [1.165, 1.54) is 12.0 Å². The molecule has 1 unspecified atom stereocenters. The molecule has 6 heteroatoms. The molecule has 2 rings (SSSR count). The molecule has 138 valence electrons. The van der Waals surface area contributed by atoms with Gasteiger partial charge in [0.2, 0.25) is 5.91 Å². The molecule has 0 aliphatic carbocycles. The van der Waals surface area contributed by atoms with Crippen molar-refractivity contribution in [2.75, 3.05) is 33.7 Å². The second-order valence-electron chi connectivity index (χ2n) is 6.79. The van der Waals surface area contributed by atoms with Crippen LogP contribution in [0, 0.1) is 5.92 Å². The van der Waals surface area contributed by atoms with Gasteiger partial charge in [-0.25, -0.2) is 0 Å². The van der Waals surface area contributed by atoms with Crippen LogP contribution in [0.2, 0.25) is 0 Å². The fourth-order valence-corrected chi connectivity index (χ4v) is 3.44. The standard InChI is InChI=1S/C19H29BrN4O/c1-15-5-4-12-24(13-15)18(25)10-11-22-19(21-2)23(3)14-16-6-8-17(20)9-7-16/h6-9,15H,4-5,10-14H2,1-3H3,(H,21,22). The number of nitrogens with zero attached hydrogens (tertiary/aromatic N) is 3. The largest absolute Gasteiger partial charge is 0.356 e. The quantitative estimate of drug-likeness (QED) is 0.601. The number of hydrogen-bond acceptors (Lipinski definition) is 2. The number of benzene rings is 1. The van der Waals surface area contributed by atoms with Crippen molar-refractivity contribution in [2.45, 2.75) is 32.7 Å². The smallest absolute Gasteiger partial charge is 0.224 e. The van der Waals surface area contributed by atoms with Crippen molar-refractivity contribution in [1.82, 2.24) is 15.1 Å². The number of aliphatic imine (C=N–C) groups is 1. The van der Waals surface area contributed by atoms with Gasteiger partial charge in [-0.2, -0.15) is 0 Å². The molecule has 1 atom stereocenters. The van der Waals surface area contributed by atoms with E-state index in [0.717, 1.165) is 36.5 Å². The van der Waals surface area contributed by atoms with Crippen LogP contribution in [0.4, 0.5) is 0 Å². The Morgan fingerprint density at radius 3 is 2.76 bits per heavy atom. The second kappa shape index (κ2) is 9.80. The highest BCUT2D eigenvalue weighted by Crippen LogP contribution is 2.16. The van der Waals surface area contributed by atoms with Crippen molar-refractivity contribution in [3.63, 3.8) is 0 Å². The molecule has 1 fully saturated rings. The molecule has 5 nitrogen and oxygen atoms in total. The van der Waals surface area contributed by atoms with E-state index in [0.29, 0.717) is 18.9 Å². The Balaban J connectivity index is 1.77. The number of guanidine groups is 1. The number of rotatable bonds is 5. The monoisotopic (exact) mass is 408 g/mol. The first-order valence-corrected chi connectivity index (χ1v) is 9.73. The number of carbonyl (C=O) groups is 1. The van der Waals surface area contributed by atoms with Crippen LogP contribution in [0.25, 0.3) is 0 Å². The highest BCUT2D eigenvalue weighted by molar-refractivity contribution is 9.10. The summed E-state index contributed by atoms with van der Waals surface area (Å²) in [6.45, 7) is 5.40. The lowest BCUT2D eigenvalue weighted by atomic mass is 10.00. The Labute approximate surface area is 159 Å². The fraction of sp³-hybridized carbons (Fsp3) is 0.579. The van der Waals surface area contributed by atoms with Crippen molar-refractivity contribution in [1.29, 1.82) is 0 Å². The normalized spacial score (nSPS) is 18.2. The van der Waals surface area contributed by atoms with E-state index in [1.54, 1.807) is 7.05 Å². The second-order valence-corrected chi connectivity index (χ2v) is 7.71. The van der Waals surface area contributed by atoms with E-state index in [1.807, 2.05) is 24.1 Å². The SMILES string of the molecule is CN=C(NCCC(=O)N1CCCC(C)C1)N(C)Cc1ccc(Br)cc1. The molecule has 1 N–H and O–H groups in total. The minimum Gasteiger partial charge on any atom is -0.356 e. The molecule has 0 saturated carbocycles. The Morgan fingerprint density at radius 1 is 1.40 bits per heavy atom. The van der Waals surface area contributed by atoms with Gasteiger partial charge in [-0.05, 0) is 36.5 Å². The number of carbonyl (C=O) groups excluding carboxylic acids is 1. The van der Waals surface area contributed by atoms with Crippen molar-refractivity contribution in [3.8, 4) is 0 Å². The molecule has 25 heavy (non-hydrogen) atoms. The predicted octanol–water partition coefficient (Wildman–Crippen LogP) is 3.10. The lowest BCUT2D eigenvalue weighted by Gasteiger charge is -2.31. The first-order chi connectivity index (χ1) is 12.0. The Morgan fingerprint density at radius 2 is 2.12 bits per heavy atom. The van der Waals surface area contributed by atoms with Gasteiger partial charge < -0.3 is 15.1 Å². The van der Waals surface area contributed by atoms with E-state index in [4.69, 9.17) is 0 Å². The van der Waals surface area contributed by atoms with Gasteiger partial charge in [-0.3, -0.25) is 9.79 Å². The number of likely N-dealkylation sites (tertiary alicyclic amines) is 1. The lowest BCUT2D eigenvalue weighted by Crippen LogP contribution is -2.42. The van der Waals surface area contributed by atoms with E-state index in [-0.39, 0.29) is 5.91 Å². The Bertz CT molecular complexity index is 588. The number of piperidine rings is 1. The highest BCUT2D eigenvalue weighted by Gasteiger charge is 2.20. The van der Waals surface area contributed by atoms with Gasteiger partial charge in [-0.1, -0.05) is 35.0 Å². The summed E-state index contributed by atoms with van der Waals surface area (Å²) in [5.74, 6) is 1.67. The number of nitrogens with one attached hydrogen (secondary N) is 1. The summed E-state index contributed by atoms with van der Waals surface area (Å²) in [5.41, 5.74) is 1.21. The maximum atomic E-state index is 12.3. The summed E-state index contributed by atoms with van der Waals surface area (Å²) in [7, 11) is 3.78. The van der Waals surface area contributed by atoms with Crippen molar-refractivity contribution in [3.05, 3.63) is 34.3 Å². The number of halogens is 1. The maximum absolute atomic E-state index is 12.3. The molecule has 1 amide bonds. The summed E-state index contributed by atoms with van der Waals surface area (Å²) in [5, 5.41) is 3.30. The summed E-state index contributed by atoms with van der Waals surface area (Å²) < 4.78 is 1.08. The molecule has 0 spiro atoms. The Kier molecular flexibility index (Phi) is 7.75. The van der Waals surface area contributed by atoms with Gasteiger partial charge in [0.25, 0.3) is 0 Å². The zero-order valence-electron chi connectivity index (χ0n) is 15.5. The molecular formula is C19H29BrN4O. The van der Waals surface area contributed by atoms with Crippen LogP contribution in [0.1, 0.15) is 31.7 Å². The zero-order chi connectivity index (χ0) is 18.2. The average Bonchev–Trinajstić information content (AvgIpc) is 2.60. The molecule has 1 aliphatic rings. The van der Waals surface area contributed by atoms with Crippen molar-refractivity contribution in [2.24, 2.45) is 10.9 Å². The maximum Gasteiger partial charge on any atom is 0.224 e. The van der Waals surface area contributed by atoms with Crippen LogP contribution in [0.3, 0.4) is 0 Å². The summed E-state index contributed by atoms with van der Waals surface area (Å²) in [6, 6.07) is 8.26. The van der Waals surface area contributed by atoms with Gasteiger partial charge in [0.05, 0.1) is 0 Å². The molecule has 0 bridgehead atoms. The van der Waals surface area contributed by atoms with Gasteiger partial charge >= 0.3 is 0 Å². The van der Waals surface area contributed by atoms with E-state index in [2.05, 4.69) is 50.2 Å². The van der Waals surface area contributed by atoms with Crippen LogP contribution in [0.15, 0.2) is 33.7 Å². The molecule has 1 aromatic carbocycles. The van der Waals surface area contributed by atoms with E-state index in [9.17, 15) is 4.79 Å². The third kappa shape index (κ3) is 6.34. The summed E-state index contributed by atoms with van der Waals surface area (Å²) >= 11 is 3.45. The van der Waals surface area contributed by atoms with Crippen LogP contribution < -0.4 is 5.32 Å². The molecule has 1 saturated heterocycles. The minimum atomic E-state index is 0.241. The zero-order valence-corrected chi connectivity index (χ0v) is 17.1. The fourth-order valence-electron chi connectivity index (χ4n) is 3.18. The Hall–Kier alpha value is -1.56. The highest BCUT2D eigenvalue weighted by atomic mass is 79.9. The van der Waals surface area contributed by atoms with Crippen molar-refractivity contribution < 1.29 is 4.79 Å². The third-order valence-corrected chi connectivity index (χ3v) is 5.07. The van der Waals surface area contributed by atoms with E-state index >= 15 is 0 Å². The number of hydrogen-bond donors (Lipinski definition) is 1. The van der Waals surface area contributed by atoms with Gasteiger partial charge in [0, 0.05) is 51.2 Å². The van der Waals surface area contributed by atoms with Crippen LogP contribution in [0.5, 0.6) is 0 Å². The molecule has 0 aromatic heterocycles. The molecular weight excluding hydrogens is 380 g/mol. The first kappa shape index (κ1) is 19.8.